The third-order valence-corrected chi connectivity index (χ3v) is 2.96. The number of aromatic hydroxyl groups is 1. The van der Waals surface area contributed by atoms with Gasteiger partial charge in [0.2, 0.25) is 0 Å². The quantitative estimate of drug-likeness (QED) is 0.843. The van der Waals surface area contributed by atoms with Crippen molar-refractivity contribution in [2.45, 2.75) is 13.5 Å². The molecular formula is C16H16ClNO2. The van der Waals surface area contributed by atoms with E-state index in [0.29, 0.717) is 29.5 Å². The van der Waals surface area contributed by atoms with E-state index in [2.05, 4.69) is 4.99 Å². The van der Waals surface area contributed by atoms with Crippen molar-refractivity contribution in [3.05, 3.63) is 58.6 Å². The van der Waals surface area contributed by atoms with E-state index in [9.17, 15) is 5.11 Å². The Bertz CT molecular complexity index is 611. The molecule has 4 heteroatoms. The number of halogens is 1. The van der Waals surface area contributed by atoms with Crippen LogP contribution in [-0.4, -0.2) is 17.9 Å². The lowest BCUT2D eigenvalue weighted by atomic mass is 10.2. The van der Waals surface area contributed by atoms with Crippen LogP contribution in [0.5, 0.6) is 11.5 Å². The number of phenols is 1. The number of aliphatic imine (C=N–C) groups is 1. The normalized spacial score (nSPS) is 10.9. The third-order valence-electron chi connectivity index (χ3n) is 2.72. The summed E-state index contributed by atoms with van der Waals surface area (Å²) in [5.74, 6) is 0.586. The first-order valence-electron chi connectivity index (χ1n) is 6.39. The molecule has 3 nitrogen and oxygen atoms in total. The van der Waals surface area contributed by atoms with Gasteiger partial charge in [0.1, 0.15) is 0 Å². The van der Waals surface area contributed by atoms with Crippen LogP contribution in [0.1, 0.15) is 18.1 Å². The van der Waals surface area contributed by atoms with Gasteiger partial charge in [-0.05, 0) is 36.8 Å². The molecule has 2 aromatic carbocycles. The Labute approximate surface area is 123 Å². The fraction of sp³-hybridized carbons (Fsp3) is 0.188. The standard InChI is InChI=1S/C16H16ClNO2/c1-2-20-15-8-4-6-13(16(15)19)11-18-10-12-5-3-7-14(17)9-12/h3-9,11,19H,2,10H2,1H3. The van der Waals surface area contributed by atoms with E-state index < -0.39 is 0 Å². The average molecular weight is 290 g/mol. The molecule has 0 radical (unpaired) electrons. The molecule has 0 heterocycles. The van der Waals surface area contributed by atoms with Gasteiger partial charge in [0.25, 0.3) is 0 Å². The molecule has 0 unspecified atom stereocenters. The second kappa shape index (κ2) is 6.96. The van der Waals surface area contributed by atoms with Crippen LogP contribution >= 0.6 is 11.6 Å². The molecule has 0 saturated carbocycles. The zero-order chi connectivity index (χ0) is 14.4. The van der Waals surface area contributed by atoms with Crippen molar-refractivity contribution >= 4 is 17.8 Å². The van der Waals surface area contributed by atoms with Gasteiger partial charge in [-0.25, -0.2) is 0 Å². The fourth-order valence-corrected chi connectivity index (χ4v) is 2.01. The molecular weight excluding hydrogens is 274 g/mol. The van der Waals surface area contributed by atoms with Crippen LogP contribution in [0.3, 0.4) is 0 Å². The van der Waals surface area contributed by atoms with Crippen LogP contribution in [0.4, 0.5) is 0 Å². The molecule has 0 saturated heterocycles. The molecule has 0 aliphatic rings. The predicted molar refractivity (Wildman–Crippen MR) is 82.0 cm³/mol. The van der Waals surface area contributed by atoms with Gasteiger partial charge >= 0.3 is 0 Å². The number of hydrogen-bond donors (Lipinski definition) is 1. The summed E-state index contributed by atoms with van der Waals surface area (Å²) in [6.45, 7) is 2.90. The van der Waals surface area contributed by atoms with Gasteiger partial charge in [0, 0.05) is 16.8 Å². The number of rotatable bonds is 5. The lowest BCUT2D eigenvalue weighted by Gasteiger charge is -2.07. The van der Waals surface area contributed by atoms with Gasteiger partial charge < -0.3 is 9.84 Å². The smallest absolute Gasteiger partial charge is 0.166 e. The van der Waals surface area contributed by atoms with Crippen molar-refractivity contribution in [2.75, 3.05) is 6.61 Å². The lowest BCUT2D eigenvalue weighted by Crippen LogP contribution is -1.94. The van der Waals surface area contributed by atoms with Gasteiger partial charge in [-0.15, -0.1) is 0 Å². The summed E-state index contributed by atoms with van der Waals surface area (Å²) in [7, 11) is 0. The molecule has 1 N–H and O–H groups in total. The highest BCUT2D eigenvalue weighted by Gasteiger charge is 2.05. The number of ether oxygens (including phenoxy) is 1. The predicted octanol–water partition coefficient (Wildman–Crippen LogP) is 4.06. The Balaban J connectivity index is 2.10. The first kappa shape index (κ1) is 14.4. The van der Waals surface area contributed by atoms with Crippen molar-refractivity contribution in [1.82, 2.24) is 0 Å². The molecule has 0 aromatic heterocycles. The maximum Gasteiger partial charge on any atom is 0.166 e. The van der Waals surface area contributed by atoms with Gasteiger partial charge in [0.05, 0.1) is 13.2 Å². The molecule has 0 aliphatic heterocycles. The summed E-state index contributed by atoms with van der Waals surface area (Å²) >= 11 is 5.91. The molecule has 20 heavy (non-hydrogen) atoms. The van der Waals surface area contributed by atoms with Crippen molar-refractivity contribution in [2.24, 2.45) is 4.99 Å². The van der Waals surface area contributed by atoms with Gasteiger partial charge in [-0.1, -0.05) is 29.8 Å². The Morgan fingerprint density at radius 3 is 2.80 bits per heavy atom. The molecule has 0 amide bonds. The zero-order valence-corrected chi connectivity index (χ0v) is 12.0. The van der Waals surface area contributed by atoms with E-state index >= 15 is 0 Å². The number of hydrogen-bond acceptors (Lipinski definition) is 3. The van der Waals surface area contributed by atoms with Crippen LogP contribution in [0, 0.1) is 0 Å². The van der Waals surface area contributed by atoms with Gasteiger partial charge in [-0.3, -0.25) is 4.99 Å². The van der Waals surface area contributed by atoms with Crippen LogP contribution in [-0.2, 0) is 6.54 Å². The van der Waals surface area contributed by atoms with Gasteiger partial charge in [0.15, 0.2) is 11.5 Å². The van der Waals surface area contributed by atoms with Crippen molar-refractivity contribution in [1.29, 1.82) is 0 Å². The highest BCUT2D eigenvalue weighted by atomic mass is 35.5. The minimum atomic E-state index is 0.115. The Morgan fingerprint density at radius 1 is 1.25 bits per heavy atom. The maximum absolute atomic E-state index is 10.0. The van der Waals surface area contributed by atoms with Crippen LogP contribution in [0.15, 0.2) is 47.5 Å². The first-order valence-corrected chi connectivity index (χ1v) is 6.77. The number of para-hydroxylation sites is 1. The highest BCUT2D eigenvalue weighted by molar-refractivity contribution is 6.30. The first-order chi connectivity index (χ1) is 9.70. The molecule has 0 fully saturated rings. The lowest BCUT2D eigenvalue weighted by molar-refractivity contribution is 0.318. The second-order valence-electron chi connectivity index (χ2n) is 4.23. The van der Waals surface area contributed by atoms with Crippen LogP contribution in [0.25, 0.3) is 0 Å². The number of phenolic OH excluding ortho intramolecular Hbond substituents is 1. The SMILES string of the molecule is CCOc1cccc(C=NCc2cccc(Cl)c2)c1O. The molecule has 0 atom stereocenters. The summed E-state index contributed by atoms with van der Waals surface area (Å²) in [4.78, 5) is 4.32. The zero-order valence-electron chi connectivity index (χ0n) is 11.2. The molecule has 0 bridgehead atoms. The summed E-state index contributed by atoms with van der Waals surface area (Å²) in [5.41, 5.74) is 1.66. The Morgan fingerprint density at radius 2 is 2.05 bits per heavy atom. The summed E-state index contributed by atoms with van der Waals surface area (Å²) < 4.78 is 5.33. The average Bonchev–Trinajstić information content (AvgIpc) is 2.43. The summed E-state index contributed by atoms with van der Waals surface area (Å²) in [6, 6.07) is 12.9. The molecule has 2 aromatic rings. The molecule has 2 rings (SSSR count). The third kappa shape index (κ3) is 3.75. The van der Waals surface area contributed by atoms with E-state index in [0.717, 1.165) is 5.56 Å². The summed E-state index contributed by atoms with van der Waals surface area (Å²) in [6.07, 6.45) is 1.64. The van der Waals surface area contributed by atoms with E-state index in [4.69, 9.17) is 16.3 Å². The van der Waals surface area contributed by atoms with Crippen molar-refractivity contribution in [3.63, 3.8) is 0 Å². The summed E-state index contributed by atoms with van der Waals surface area (Å²) in [5, 5.41) is 10.7. The molecule has 0 spiro atoms. The largest absolute Gasteiger partial charge is 0.504 e. The van der Waals surface area contributed by atoms with E-state index in [-0.39, 0.29) is 5.75 Å². The van der Waals surface area contributed by atoms with E-state index in [1.807, 2.05) is 37.3 Å². The number of benzene rings is 2. The van der Waals surface area contributed by atoms with E-state index in [1.54, 1.807) is 18.3 Å². The van der Waals surface area contributed by atoms with Crippen LogP contribution < -0.4 is 4.74 Å². The van der Waals surface area contributed by atoms with Crippen LogP contribution in [0.2, 0.25) is 5.02 Å². The highest BCUT2D eigenvalue weighted by Crippen LogP contribution is 2.28. The second-order valence-corrected chi connectivity index (χ2v) is 4.66. The Kier molecular flexibility index (Phi) is 5.02. The van der Waals surface area contributed by atoms with Crippen molar-refractivity contribution in [3.8, 4) is 11.5 Å². The fourth-order valence-electron chi connectivity index (χ4n) is 1.80. The van der Waals surface area contributed by atoms with Crippen molar-refractivity contribution < 1.29 is 9.84 Å². The molecule has 104 valence electrons. The topological polar surface area (TPSA) is 41.8 Å². The minimum absolute atomic E-state index is 0.115. The monoisotopic (exact) mass is 289 g/mol. The maximum atomic E-state index is 10.0. The molecule has 0 aliphatic carbocycles. The van der Waals surface area contributed by atoms with Gasteiger partial charge in [-0.2, -0.15) is 0 Å². The van der Waals surface area contributed by atoms with E-state index in [1.165, 1.54) is 0 Å². The Hall–Kier alpha value is -2.00. The number of nitrogens with zero attached hydrogens (tertiary/aromatic N) is 1. The minimum Gasteiger partial charge on any atom is -0.504 e.